The van der Waals surface area contributed by atoms with Crippen molar-refractivity contribution in [1.82, 2.24) is 4.31 Å². The monoisotopic (exact) mass is 1260 g/mol. The fraction of sp³-hybridized carbons (Fsp3) is 0.960. The van der Waals surface area contributed by atoms with E-state index >= 15 is 0 Å². The van der Waals surface area contributed by atoms with Crippen LogP contribution in [0, 0.1) is 10.8 Å². The molecular weight excluding hydrogens is 1140 g/mol. The van der Waals surface area contributed by atoms with E-state index in [4.69, 9.17) is 5.11 Å². The molecule has 0 heterocycles. The summed E-state index contributed by atoms with van der Waals surface area (Å²) in [5.74, 6) is 0.552. The van der Waals surface area contributed by atoms with E-state index in [1.807, 2.05) is 6.92 Å². The van der Waals surface area contributed by atoms with Gasteiger partial charge in [-0.3, -0.25) is 4.18 Å². The van der Waals surface area contributed by atoms with E-state index < -0.39 is 93.1 Å². The van der Waals surface area contributed by atoms with Crippen molar-refractivity contribution in [2.45, 2.75) is 204 Å². The molecule has 0 unspecified atom stereocenters. The number of thioether (sulfide) groups is 1. The predicted molar refractivity (Wildman–Crippen MR) is 327 cm³/mol. The average molecular weight is 1260 g/mol. The van der Waals surface area contributed by atoms with E-state index in [-0.39, 0.29) is 42.8 Å². The molecule has 26 heteroatoms. The summed E-state index contributed by atoms with van der Waals surface area (Å²) in [7, 11) is -21.0. The lowest BCUT2D eigenvalue weighted by Crippen LogP contribution is -3.12. The quantitative estimate of drug-likeness (QED) is 0.121. The molecule has 0 saturated heterocycles. The number of aliphatic hydroxyl groups excluding tert-OH is 1. The lowest BCUT2D eigenvalue weighted by atomic mass is 10.0. The first-order valence-electron chi connectivity index (χ1n) is 25.2. The highest BCUT2D eigenvalue weighted by Gasteiger charge is 2.32. The molecule has 18 nitrogen and oxygen atoms in total. The Labute approximate surface area is 474 Å². The Morgan fingerprint density at radius 3 is 0.974 bits per heavy atom. The Balaban J connectivity index is -0.000000150. The van der Waals surface area contributed by atoms with E-state index in [1.165, 1.54) is 23.7 Å². The minimum absolute atomic E-state index is 0.00155. The number of quaternary nitrogens is 1. The van der Waals surface area contributed by atoms with Crippen molar-refractivity contribution in [1.29, 1.82) is 0 Å². The lowest BCUT2D eigenvalue weighted by Gasteiger charge is -2.21. The summed E-state index contributed by atoms with van der Waals surface area (Å²) in [6.45, 7) is 54.2. The summed E-state index contributed by atoms with van der Waals surface area (Å²) in [4.78, 5) is 2.31. The molecule has 0 aliphatic heterocycles. The molecule has 0 aromatic carbocycles. The molecule has 0 aliphatic rings. The first kappa shape index (κ1) is 89.4. The van der Waals surface area contributed by atoms with Gasteiger partial charge in [0.25, 0.3) is 10.1 Å². The third kappa shape index (κ3) is 52.9. The Bertz CT molecular complexity index is 2390. The minimum Gasteiger partial charge on any atom is -0.395 e. The van der Waals surface area contributed by atoms with Crippen LogP contribution in [0.25, 0.3) is 0 Å². The largest absolute Gasteiger partial charge is 0.395 e. The maximum Gasteiger partial charge on any atom is 0.264 e. The Hall–Kier alpha value is -0.420. The first-order valence-corrected chi connectivity index (χ1v) is 38.1. The SMILES string of the molecule is C=C(C)SCCS(=O)(=O)C(C)(C)C.CC(C)(C)C.CC(C)(C)C.CC(C)(C)S(=O)(=O)CCO.CC(C)(C)S(=O)(=O)CCOS(C)(=O)=O.CC[NH+](CC)CCS(=O)(=O)C(C)(C)C.CN(CCS(=O)(=O)C(C)(C)C)S(C)(=O)=O. The fourth-order valence-electron chi connectivity index (χ4n) is 3.57. The van der Waals surface area contributed by atoms with Gasteiger partial charge in [-0.25, -0.2) is 54.8 Å². The van der Waals surface area contributed by atoms with Gasteiger partial charge in [0, 0.05) is 19.3 Å². The smallest absolute Gasteiger partial charge is 0.264 e. The minimum atomic E-state index is -3.56. The van der Waals surface area contributed by atoms with Gasteiger partial charge >= 0.3 is 0 Å². The van der Waals surface area contributed by atoms with Gasteiger partial charge in [-0.2, -0.15) is 8.42 Å². The van der Waals surface area contributed by atoms with Gasteiger partial charge in [-0.05, 0) is 140 Å². The standard InChI is InChI=1S/C10H23NO2S.C9H18O2S2.C8H19NO4S2.C7H16O5S2.C6H14O3S.2C5H12/c1-6-11(7-2)8-9-14(12,13)10(3,4)5;1-8(2)12-6-7-13(10,11)9(3,4)5;1-8(2,3)15(12,13)7-6-9(4)14(5,10)11;1-7(2,3)14(10,11)6-5-12-13(4,8)9;1-6(2,3)10(8,9)5-4-7;2*1-5(2,3)4/h6-9H2,1-5H3;1,6-7H2,2-5H3;6-7H2,1-5H3;5-6H2,1-4H3;7H,4-5H2,1-3H3;2*1-4H3/p+1. The van der Waals surface area contributed by atoms with Gasteiger partial charge < -0.3 is 10.0 Å². The zero-order valence-corrected chi connectivity index (χ0v) is 59.5. The van der Waals surface area contributed by atoms with E-state index in [2.05, 4.69) is 80.0 Å². The normalized spacial score (nSPS) is 13.6. The maximum atomic E-state index is 11.8. The van der Waals surface area contributed by atoms with E-state index in [9.17, 15) is 58.9 Å². The molecule has 0 saturated carbocycles. The number of hydrogen-bond donors (Lipinski definition) is 2. The number of nitrogens with zero attached hydrogens (tertiary/aromatic N) is 1. The van der Waals surface area contributed by atoms with Gasteiger partial charge in [0.1, 0.15) is 0 Å². The molecule has 0 aromatic heterocycles. The molecule has 0 bridgehead atoms. The molecule has 0 rings (SSSR count). The van der Waals surface area contributed by atoms with Crippen LogP contribution >= 0.6 is 11.8 Å². The van der Waals surface area contributed by atoms with Crippen LogP contribution in [-0.4, -0.2) is 186 Å². The molecule has 0 spiro atoms. The summed E-state index contributed by atoms with van der Waals surface area (Å²) in [5.41, 5.74) is 1.00. The first-order chi connectivity index (χ1) is 32.6. The van der Waals surface area contributed by atoms with Crippen molar-refractivity contribution in [2.75, 3.05) is 93.5 Å². The number of aliphatic hydroxyl groups is 1. The highest BCUT2D eigenvalue weighted by Crippen LogP contribution is 2.21. The molecule has 0 aromatic rings. The van der Waals surface area contributed by atoms with E-state index in [0.29, 0.717) is 22.3 Å². The highest BCUT2D eigenvalue weighted by molar-refractivity contribution is 8.04. The highest BCUT2D eigenvalue weighted by atomic mass is 32.2. The van der Waals surface area contributed by atoms with Crippen molar-refractivity contribution in [3.63, 3.8) is 0 Å². The van der Waals surface area contributed by atoms with E-state index in [0.717, 1.165) is 41.4 Å². The average Bonchev–Trinajstić information content (AvgIpc) is 3.10. The Morgan fingerprint density at radius 1 is 0.487 bits per heavy atom. The molecule has 2 N–H and O–H groups in total. The number of allylic oxidation sites excluding steroid dienone is 1. The summed E-state index contributed by atoms with van der Waals surface area (Å²) >= 11 is 1.50. The van der Waals surface area contributed by atoms with Crippen molar-refractivity contribution >= 4 is 81.1 Å². The maximum absolute atomic E-state index is 11.8. The molecule has 0 fully saturated rings. The Morgan fingerprint density at radius 2 is 0.750 bits per heavy atom. The van der Waals surface area contributed by atoms with Crippen LogP contribution in [0.3, 0.4) is 0 Å². The fourth-order valence-corrected chi connectivity index (χ4v) is 10.8. The number of rotatable bonds is 19. The number of sulfone groups is 5. The summed E-state index contributed by atoms with van der Waals surface area (Å²) in [6, 6.07) is 0. The van der Waals surface area contributed by atoms with Crippen molar-refractivity contribution in [3.8, 4) is 0 Å². The van der Waals surface area contributed by atoms with Crippen LogP contribution in [0.5, 0.6) is 0 Å². The van der Waals surface area contributed by atoms with Crippen LogP contribution < -0.4 is 4.90 Å². The lowest BCUT2D eigenvalue weighted by molar-refractivity contribution is -0.893. The van der Waals surface area contributed by atoms with Gasteiger partial charge in [-0.15, -0.1) is 11.8 Å². The van der Waals surface area contributed by atoms with Crippen LogP contribution in [0.15, 0.2) is 11.5 Å². The molecule has 0 atom stereocenters. The zero-order valence-electron chi connectivity index (χ0n) is 53.0. The topological polar surface area (TPSA) is 276 Å². The number of hydrogen-bond acceptors (Lipinski definition) is 17. The molecule has 0 aliphatic carbocycles. The molecule has 0 radical (unpaired) electrons. The number of sulfonamides is 1. The van der Waals surface area contributed by atoms with Gasteiger partial charge in [0.05, 0.1) is 97.9 Å². The van der Waals surface area contributed by atoms with Crippen LogP contribution in [-0.2, 0) is 73.5 Å². The van der Waals surface area contributed by atoms with Crippen LogP contribution in [0.2, 0.25) is 0 Å². The van der Waals surface area contributed by atoms with Gasteiger partial charge in [0.2, 0.25) is 10.0 Å². The third-order valence-corrected chi connectivity index (χ3v) is 25.4. The van der Waals surface area contributed by atoms with Crippen molar-refractivity contribution in [2.24, 2.45) is 10.8 Å². The third-order valence-electron chi connectivity index (χ3n) is 9.34. The summed E-state index contributed by atoms with van der Waals surface area (Å²) in [5, 5.41) is 8.39. The Kier molecular flexibility index (Phi) is 41.8. The van der Waals surface area contributed by atoms with Crippen LogP contribution in [0.4, 0.5) is 0 Å². The molecular formula is C50H115N2O16S8+. The zero-order chi connectivity index (χ0) is 63.6. The molecule has 468 valence electrons. The van der Waals surface area contributed by atoms with Crippen molar-refractivity contribution in [3.05, 3.63) is 11.5 Å². The predicted octanol–water partition coefficient (Wildman–Crippen LogP) is 7.15. The second-order valence-electron chi connectivity index (χ2n) is 26.2. The van der Waals surface area contributed by atoms with Gasteiger partial charge in [0.15, 0.2) is 49.2 Å². The summed E-state index contributed by atoms with van der Waals surface area (Å²) in [6.07, 6.45) is 1.94. The summed E-state index contributed by atoms with van der Waals surface area (Å²) < 4.78 is 160. The van der Waals surface area contributed by atoms with Crippen molar-refractivity contribution < 1.29 is 73.1 Å². The van der Waals surface area contributed by atoms with Gasteiger partial charge in [-0.1, -0.05) is 62.0 Å². The number of nitrogens with one attached hydrogen (secondary N) is 1. The van der Waals surface area contributed by atoms with E-state index in [1.54, 1.807) is 104 Å². The molecule has 0 amide bonds. The molecule has 76 heavy (non-hydrogen) atoms. The second kappa shape index (κ2) is 35.5. The van der Waals surface area contributed by atoms with Crippen LogP contribution in [0.1, 0.15) is 180 Å². The second-order valence-corrected chi connectivity index (χ2v) is 45.7.